The molecule has 0 bridgehead atoms. The van der Waals surface area contributed by atoms with E-state index in [-0.39, 0.29) is 17.9 Å². The predicted molar refractivity (Wildman–Crippen MR) is 77.5 cm³/mol. The van der Waals surface area contributed by atoms with E-state index >= 15 is 0 Å². The van der Waals surface area contributed by atoms with E-state index in [4.69, 9.17) is 11.5 Å². The number of hydrogen-bond acceptors (Lipinski definition) is 3. The highest BCUT2D eigenvalue weighted by Crippen LogP contribution is 2.31. The number of anilines is 1. The van der Waals surface area contributed by atoms with Crippen LogP contribution in [-0.2, 0) is 11.2 Å². The summed E-state index contributed by atoms with van der Waals surface area (Å²) < 4.78 is 0. The molecule has 2 atom stereocenters. The van der Waals surface area contributed by atoms with E-state index in [1.54, 1.807) is 0 Å². The van der Waals surface area contributed by atoms with Crippen molar-refractivity contribution >= 4 is 11.6 Å². The molecule has 0 heterocycles. The molecule has 0 radical (unpaired) electrons. The number of amides is 1. The third-order valence-corrected chi connectivity index (χ3v) is 3.82. The lowest BCUT2D eigenvalue weighted by atomic mass is 9.87. The van der Waals surface area contributed by atoms with Gasteiger partial charge in [0.1, 0.15) is 0 Å². The maximum absolute atomic E-state index is 12.1. The summed E-state index contributed by atoms with van der Waals surface area (Å²) in [5, 5.41) is 3.07. The molecule has 1 unspecified atom stereocenters. The van der Waals surface area contributed by atoms with Gasteiger partial charge >= 0.3 is 0 Å². The van der Waals surface area contributed by atoms with Crippen LogP contribution in [0.4, 0.5) is 5.69 Å². The maximum Gasteiger partial charge on any atom is 0.237 e. The van der Waals surface area contributed by atoms with Crippen molar-refractivity contribution < 1.29 is 4.79 Å². The van der Waals surface area contributed by atoms with Crippen molar-refractivity contribution in [1.82, 2.24) is 5.32 Å². The summed E-state index contributed by atoms with van der Waals surface area (Å²) in [5.41, 5.74) is 14.9. The second-order valence-electron chi connectivity index (χ2n) is 5.68. The fourth-order valence-corrected chi connectivity index (χ4v) is 2.55. The zero-order valence-corrected chi connectivity index (χ0v) is 11.6. The molecule has 0 aliphatic heterocycles. The first kappa shape index (κ1) is 13.9. The number of aryl methyl sites for hydroxylation is 1. The number of rotatable bonds is 3. The lowest BCUT2D eigenvalue weighted by Crippen LogP contribution is -2.45. The Kier molecular flexibility index (Phi) is 4.10. The van der Waals surface area contributed by atoms with Crippen LogP contribution in [0.15, 0.2) is 18.2 Å². The van der Waals surface area contributed by atoms with Crippen LogP contribution >= 0.6 is 0 Å². The van der Waals surface area contributed by atoms with Crippen molar-refractivity contribution in [3.8, 4) is 0 Å². The van der Waals surface area contributed by atoms with E-state index in [0.29, 0.717) is 0 Å². The van der Waals surface area contributed by atoms with Gasteiger partial charge in [0.05, 0.1) is 12.1 Å². The molecule has 1 aliphatic carbocycles. The van der Waals surface area contributed by atoms with Crippen molar-refractivity contribution in [1.29, 1.82) is 0 Å². The standard InChI is InChI=1S/C15H23N3O/c1-9(2)14(17)15(19)18-13-5-3-4-10-8-11(16)6-7-12(10)13/h6-9,13-14H,3-5,16-17H2,1-2H3,(H,18,19)/t13?,14-/m0/s1. The molecule has 1 aliphatic rings. The Labute approximate surface area is 114 Å². The zero-order chi connectivity index (χ0) is 14.0. The minimum Gasteiger partial charge on any atom is -0.399 e. The minimum atomic E-state index is -0.445. The predicted octanol–water partition coefficient (Wildman–Crippen LogP) is 1.75. The van der Waals surface area contributed by atoms with Gasteiger partial charge in [-0.3, -0.25) is 4.79 Å². The Morgan fingerprint density at radius 3 is 2.84 bits per heavy atom. The molecule has 1 amide bonds. The summed E-state index contributed by atoms with van der Waals surface area (Å²) in [4.78, 5) is 12.1. The van der Waals surface area contributed by atoms with Crippen molar-refractivity contribution in [3.63, 3.8) is 0 Å². The quantitative estimate of drug-likeness (QED) is 0.725. The number of nitrogens with one attached hydrogen (secondary N) is 1. The summed E-state index contributed by atoms with van der Waals surface area (Å²) >= 11 is 0. The van der Waals surface area contributed by atoms with E-state index in [1.807, 2.05) is 32.0 Å². The fourth-order valence-electron chi connectivity index (χ4n) is 2.55. The lowest BCUT2D eigenvalue weighted by Gasteiger charge is -2.28. The van der Waals surface area contributed by atoms with Crippen molar-refractivity contribution in [3.05, 3.63) is 29.3 Å². The Morgan fingerprint density at radius 1 is 1.42 bits per heavy atom. The molecule has 0 saturated heterocycles. The molecule has 0 fully saturated rings. The van der Waals surface area contributed by atoms with Crippen molar-refractivity contribution in [2.75, 3.05) is 5.73 Å². The highest BCUT2D eigenvalue weighted by molar-refractivity contribution is 5.82. The minimum absolute atomic E-state index is 0.0651. The van der Waals surface area contributed by atoms with E-state index < -0.39 is 6.04 Å². The molecule has 2 rings (SSSR count). The van der Waals surface area contributed by atoms with Gasteiger partial charge in [0, 0.05) is 5.69 Å². The number of nitrogens with two attached hydrogens (primary N) is 2. The SMILES string of the molecule is CC(C)[C@H](N)C(=O)NC1CCCc2cc(N)ccc21. The van der Waals surface area contributed by atoms with Crippen LogP contribution in [0.1, 0.15) is 43.9 Å². The average molecular weight is 261 g/mol. The van der Waals surface area contributed by atoms with Gasteiger partial charge in [-0.05, 0) is 48.4 Å². The third kappa shape index (κ3) is 3.07. The molecular weight excluding hydrogens is 238 g/mol. The molecule has 0 spiro atoms. The van der Waals surface area contributed by atoms with Gasteiger partial charge in [-0.1, -0.05) is 19.9 Å². The van der Waals surface area contributed by atoms with E-state index in [9.17, 15) is 4.79 Å². The highest BCUT2D eigenvalue weighted by atomic mass is 16.2. The second kappa shape index (κ2) is 5.61. The smallest absolute Gasteiger partial charge is 0.237 e. The zero-order valence-electron chi connectivity index (χ0n) is 11.6. The number of nitrogen functional groups attached to an aromatic ring is 1. The summed E-state index contributed by atoms with van der Waals surface area (Å²) in [7, 11) is 0. The van der Waals surface area contributed by atoms with Crippen LogP contribution in [0, 0.1) is 5.92 Å². The average Bonchev–Trinajstić information content (AvgIpc) is 2.37. The molecule has 104 valence electrons. The lowest BCUT2D eigenvalue weighted by molar-refractivity contribution is -0.124. The highest BCUT2D eigenvalue weighted by Gasteiger charge is 2.25. The van der Waals surface area contributed by atoms with Crippen molar-refractivity contribution in [2.45, 2.75) is 45.2 Å². The maximum atomic E-state index is 12.1. The van der Waals surface area contributed by atoms with Gasteiger partial charge < -0.3 is 16.8 Å². The Morgan fingerprint density at radius 2 is 2.16 bits per heavy atom. The molecule has 1 aromatic rings. The van der Waals surface area contributed by atoms with Crippen LogP contribution in [-0.4, -0.2) is 11.9 Å². The molecule has 0 aromatic heterocycles. The number of fused-ring (bicyclic) bond motifs is 1. The Balaban J connectivity index is 2.14. The van der Waals surface area contributed by atoms with E-state index in [0.717, 1.165) is 24.9 Å². The summed E-state index contributed by atoms with van der Waals surface area (Å²) in [6, 6.07) is 5.55. The molecule has 1 aromatic carbocycles. The van der Waals surface area contributed by atoms with Crippen LogP contribution in [0.25, 0.3) is 0 Å². The van der Waals surface area contributed by atoms with Crippen LogP contribution in [0.5, 0.6) is 0 Å². The largest absolute Gasteiger partial charge is 0.399 e. The summed E-state index contributed by atoms with van der Waals surface area (Å²) in [6.45, 7) is 3.92. The van der Waals surface area contributed by atoms with Gasteiger partial charge in [-0.2, -0.15) is 0 Å². The molecular formula is C15H23N3O. The van der Waals surface area contributed by atoms with Crippen molar-refractivity contribution in [2.24, 2.45) is 11.7 Å². The normalized spacial score (nSPS) is 19.9. The van der Waals surface area contributed by atoms with Crippen LogP contribution in [0.3, 0.4) is 0 Å². The second-order valence-corrected chi connectivity index (χ2v) is 5.68. The van der Waals surface area contributed by atoms with Gasteiger partial charge in [0.2, 0.25) is 5.91 Å². The van der Waals surface area contributed by atoms with Gasteiger partial charge in [-0.25, -0.2) is 0 Å². The molecule has 4 nitrogen and oxygen atoms in total. The van der Waals surface area contributed by atoms with Gasteiger partial charge in [0.25, 0.3) is 0 Å². The number of carbonyl (C=O) groups excluding carboxylic acids is 1. The molecule has 0 saturated carbocycles. The Bertz CT molecular complexity index is 470. The monoisotopic (exact) mass is 261 g/mol. The molecule has 5 N–H and O–H groups in total. The van der Waals surface area contributed by atoms with Gasteiger partial charge in [0.15, 0.2) is 0 Å². The third-order valence-electron chi connectivity index (χ3n) is 3.82. The van der Waals surface area contributed by atoms with Crippen LogP contribution in [0.2, 0.25) is 0 Å². The first-order valence-corrected chi connectivity index (χ1v) is 6.93. The summed E-state index contributed by atoms with van der Waals surface area (Å²) in [6.07, 6.45) is 3.06. The molecule has 19 heavy (non-hydrogen) atoms. The summed E-state index contributed by atoms with van der Waals surface area (Å²) in [5.74, 6) is 0.0825. The van der Waals surface area contributed by atoms with E-state index in [2.05, 4.69) is 5.32 Å². The first-order valence-electron chi connectivity index (χ1n) is 6.93. The number of carbonyl (C=O) groups is 1. The van der Waals surface area contributed by atoms with Gasteiger partial charge in [-0.15, -0.1) is 0 Å². The number of benzene rings is 1. The molecule has 4 heteroatoms. The number of hydrogen-bond donors (Lipinski definition) is 3. The fraction of sp³-hybridized carbons (Fsp3) is 0.533. The van der Waals surface area contributed by atoms with Crippen LogP contribution < -0.4 is 16.8 Å². The topological polar surface area (TPSA) is 81.1 Å². The van der Waals surface area contributed by atoms with E-state index in [1.165, 1.54) is 11.1 Å². The Hall–Kier alpha value is -1.55. The first-order chi connectivity index (χ1) is 8.99.